The van der Waals surface area contributed by atoms with Crippen molar-refractivity contribution in [1.82, 2.24) is 20.1 Å². The van der Waals surface area contributed by atoms with Gasteiger partial charge < -0.3 is 58.5 Å². The summed E-state index contributed by atoms with van der Waals surface area (Å²) in [6, 6.07) is 54.9. The van der Waals surface area contributed by atoms with Crippen LogP contribution in [0, 0.1) is 55.4 Å². The Balaban J connectivity index is 0.000000158. The summed E-state index contributed by atoms with van der Waals surface area (Å²) in [5, 5.41) is 39.4. The van der Waals surface area contributed by atoms with E-state index in [4.69, 9.17) is 28.4 Å². The lowest BCUT2D eigenvalue weighted by Gasteiger charge is -2.33. The third kappa shape index (κ3) is 23.8. The summed E-state index contributed by atoms with van der Waals surface area (Å²) in [6.45, 7) is 8.50. The molecule has 20 nitrogen and oxygen atoms in total. The number of ether oxygens (including phenoxy) is 2. The monoisotopic (exact) mass is 1570 g/mol. The molecule has 8 aromatic carbocycles. The second-order valence-electron chi connectivity index (χ2n) is 27.4. The predicted molar refractivity (Wildman–Crippen MR) is 401 cm³/mol. The van der Waals surface area contributed by atoms with Crippen LogP contribution in [0.5, 0.6) is 11.5 Å². The highest BCUT2D eigenvalue weighted by Crippen LogP contribution is 2.34. The lowest BCUT2D eigenvalue weighted by atomic mass is 9.90. The number of aromatic amines is 1. The zero-order valence-electron chi connectivity index (χ0n) is 59.0. The number of hydrogen-bond donors (Lipinski definition) is 2. The van der Waals surface area contributed by atoms with Crippen molar-refractivity contribution in [3.8, 4) is 11.5 Å². The molecular formula is C81H85BrCl2F3N9O11-2. The van der Waals surface area contributed by atoms with E-state index < -0.39 is 15.6 Å². The molecule has 564 valence electrons. The fourth-order valence-electron chi connectivity index (χ4n) is 13.9. The number of benzene rings is 8. The first kappa shape index (κ1) is 80.1. The molecule has 9 aromatic rings. The summed E-state index contributed by atoms with van der Waals surface area (Å²) in [5.74, 6) is 1.52. The second kappa shape index (κ2) is 40.0. The second-order valence-corrected chi connectivity index (χ2v) is 28.0. The van der Waals surface area contributed by atoms with Gasteiger partial charge in [-0.25, -0.2) is 18.0 Å². The van der Waals surface area contributed by atoms with E-state index in [2.05, 4.69) is 51.5 Å². The number of halogens is 6. The molecule has 0 saturated carbocycles. The standard InChI is InChI=1S/C29H30FN3O4.C23H24FN3O3.C17H15BrN2O4.C12H16FN.2ClH/c30-25-9-6-21(7-10-25)16-22-12-14-32(15-13-22)19-26-18-27(31-37-26)24-8-11-28(33(34)35)29(17-24)36-20-23-4-2-1-3-5-23;24-18-4-1-15(2-5-18)11-16-7-9-27(10-8-16)14-19-13-21(26-30-19)17-3-6-20-22(12-17)29-23(28)25-20;18-10-14-9-15(19-24-14)13-6-7-16(20(21)22)17(8-13)23-11-12-4-2-1-3-5-12;13-12-3-1-10(2-4-12)9-11-5-7-14-8-6-11;;/h1-11,17,22,26H,12-16,18-20H2;1-6,12,16,19H,7-11,13-14H2,(H,25,28);1-8,14H,9-11H2;1-4,11,14H,5-9H2;2*1H/p-2. The zero-order valence-corrected chi connectivity index (χ0v) is 62.1. The van der Waals surface area contributed by atoms with Crippen LogP contribution in [-0.4, -0.2) is 118 Å². The third-order valence-corrected chi connectivity index (χ3v) is 20.4. The first-order valence-corrected chi connectivity index (χ1v) is 37.0. The van der Waals surface area contributed by atoms with E-state index >= 15 is 0 Å². The van der Waals surface area contributed by atoms with Crippen LogP contribution < -0.4 is 45.4 Å². The Hall–Kier alpha value is -9.43. The number of nitrogens with one attached hydrogen (secondary N) is 2. The average molecular weight is 1570 g/mol. The van der Waals surface area contributed by atoms with Crippen molar-refractivity contribution in [3.63, 3.8) is 0 Å². The molecule has 3 atom stereocenters. The third-order valence-electron chi connectivity index (χ3n) is 19.7. The van der Waals surface area contributed by atoms with Crippen LogP contribution in [0.4, 0.5) is 24.5 Å². The van der Waals surface area contributed by atoms with Gasteiger partial charge in [-0.05, 0) is 215 Å². The minimum absolute atomic E-state index is 0. The molecule has 7 heterocycles. The van der Waals surface area contributed by atoms with Gasteiger partial charge in [0.2, 0.25) is 0 Å². The van der Waals surface area contributed by atoms with E-state index in [1.807, 2.05) is 115 Å². The van der Waals surface area contributed by atoms with Gasteiger partial charge in [-0.15, -0.1) is 0 Å². The molecule has 3 unspecified atom stereocenters. The Bertz CT molecular complexity index is 4490. The number of nitro groups is 2. The first-order valence-electron chi connectivity index (χ1n) is 35.8. The number of aromatic nitrogens is 1. The van der Waals surface area contributed by atoms with Crippen molar-refractivity contribution < 1.29 is 76.2 Å². The summed E-state index contributed by atoms with van der Waals surface area (Å²) in [5.41, 5.74) is 11.5. The molecule has 0 spiro atoms. The Morgan fingerprint density at radius 2 is 0.850 bits per heavy atom. The predicted octanol–water partition coefficient (Wildman–Crippen LogP) is 9.91. The Kier molecular flexibility index (Phi) is 29.9. The Morgan fingerprint density at radius 3 is 1.24 bits per heavy atom. The van der Waals surface area contributed by atoms with Gasteiger partial charge in [0, 0.05) is 66.5 Å². The smallest absolute Gasteiger partial charge is 0.417 e. The highest BCUT2D eigenvalue weighted by atomic mass is 79.9. The van der Waals surface area contributed by atoms with E-state index in [1.165, 1.54) is 53.8 Å². The summed E-state index contributed by atoms with van der Waals surface area (Å²) >= 11 is 3.36. The molecule has 15 rings (SSSR count). The number of nitro benzene ring substituents is 2. The number of alkyl halides is 1. The van der Waals surface area contributed by atoms with Gasteiger partial charge in [-0.3, -0.25) is 35.0 Å². The molecule has 0 amide bonds. The minimum atomic E-state index is -0.451. The zero-order chi connectivity index (χ0) is 72.9. The van der Waals surface area contributed by atoms with Crippen molar-refractivity contribution in [2.75, 3.05) is 57.7 Å². The van der Waals surface area contributed by atoms with Crippen LogP contribution in [0.3, 0.4) is 0 Å². The van der Waals surface area contributed by atoms with E-state index in [-0.39, 0.29) is 96.7 Å². The Morgan fingerprint density at radius 1 is 0.477 bits per heavy atom. The first-order chi connectivity index (χ1) is 51.2. The fourth-order valence-corrected chi connectivity index (χ4v) is 14.2. The molecule has 0 aliphatic carbocycles. The molecule has 26 heteroatoms. The van der Waals surface area contributed by atoms with Gasteiger partial charge in [-0.1, -0.05) is 135 Å². The van der Waals surface area contributed by atoms with Gasteiger partial charge in [0.15, 0.2) is 17.1 Å². The number of H-pyrrole nitrogens is 1. The highest BCUT2D eigenvalue weighted by Gasteiger charge is 2.31. The van der Waals surface area contributed by atoms with Gasteiger partial charge in [0.05, 0.1) is 32.5 Å². The van der Waals surface area contributed by atoms with Crippen LogP contribution in [0.2, 0.25) is 0 Å². The molecule has 3 fully saturated rings. The van der Waals surface area contributed by atoms with Gasteiger partial charge in [0.25, 0.3) is 0 Å². The number of piperidine rings is 3. The summed E-state index contributed by atoms with van der Waals surface area (Å²) in [7, 11) is 0. The minimum Gasteiger partial charge on any atom is -1.00 e. The molecule has 0 radical (unpaired) electrons. The number of likely N-dealkylation sites (tertiary alicyclic amines) is 2. The molecule has 0 bridgehead atoms. The van der Waals surface area contributed by atoms with Gasteiger partial charge >= 0.3 is 17.1 Å². The molecule has 107 heavy (non-hydrogen) atoms. The number of fused-ring (bicyclic) bond motifs is 1. The van der Waals surface area contributed by atoms with Crippen molar-refractivity contribution in [3.05, 3.63) is 281 Å². The maximum Gasteiger partial charge on any atom is 0.417 e. The maximum absolute atomic E-state index is 13.2. The van der Waals surface area contributed by atoms with Crippen LogP contribution in [0.15, 0.2) is 213 Å². The largest absolute Gasteiger partial charge is 1.00 e. The highest BCUT2D eigenvalue weighted by molar-refractivity contribution is 9.09. The number of oxazole rings is 1. The van der Waals surface area contributed by atoms with E-state index in [0.29, 0.717) is 41.1 Å². The SMILES string of the molecule is Fc1ccc(CC2CCNCC2)cc1.O=[N+]([O-])c1ccc(C2=NOC(CBr)C2)cc1OCc1ccccc1.O=[N+]([O-])c1ccc(C2=NOC(CN3CCC(Cc4ccc(F)cc4)CC3)C2)cc1OCc1ccccc1.O=c1[nH]c2ccc(C3=NOC(CN4CCC(Cc5ccc(F)cc5)CC4)C3)cc2o1.[Cl-].[Cl-]. The quantitative estimate of drug-likeness (QED) is 0.0365. The van der Waals surface area contributed by atoms with Crippen LogP contribution in [-0.2, 0) is 47.0 Å². The lowest BCUT2D eigenvalue weighted by molar-refractivity contribution is -0.386. The Labute approximate surface area is 640 Å². The summed E-state index contributed by atoms with van der Waals surface area (Å²) in [4.78, 5) is 57.4. The summed E-state index contributed by atoms with van der Waals surface area (Å²) in [6.07, 6.45) is 12.1. The van der Waals surface area contributed by atoms with Crippen LogP contribution in [0.25, 0.3) is 11.1 Å². The van der Waals surface area contributed by atoms with Crippen LogP contribution in [0.1, 0.15) is 102 Å². The van der Waals surface area contributed by atoms with Gasteiger partial charge in [-0.2, -0.15) is 0 Å². The van der Waals surface area contributed by atoms with Crippen LogP contribution >= 0.6 is 15.9 Å². The van der Waals surface area contributed by atoms with Crippen molar-refractivity contribution in [1.29, 1.82) is 0 Å². The molecule has 2 N–H and O–H groups in total. The molecule has 6 aliphatic rings. The molecule has 3 saturated heterocycles. The van der Waals surface area contributed by atoms with Crippen molar-refractivity contribution in [2.45, 2.75) is 109 Å². The van der Waals surface area contributed by atoms with Crippen molar-refractivity contribution >= 4 is 55.5 Å². The normalized spacial score (nSPS) is 18.1. The number of oxime groups is 3. The number of hydrogen-bond acceptors (Lipinski definition) is 17. The number of rotatable bonds is 22. The molecule has 6 aliphatic heterocycles. The lowest BCUT2D eigenvalue weighted by Crippen LogP contribution is -3.00. The maximum atomic E-state index is 13.2. The topological polar surface area (TPSA) is 234 Å². The summed E-state index contributed by atoms with van der Waals surface area (Å²) < 4.78 is 55.5. The molecular weight excluding hydrogens is 1480 g/mol. The van der Waals surface area contributed by atoms with Crippen molar-refractivity contribution in [2.24, 2.45) is 33.2 Å². The van der Waals surface area contributed by atoms with E-state index in [1.54, 1.807) is 48.5 Å². The average Bonchev–Trinajstić information content (AvgIpc) is 1.75. The van der Waals surface area contributed by atoms with E-state index in [0.717, 1.165) is 155 Å². The fraction of sp³-hybridized carbons (Fsp3) is 0.358. The van der Waals surface area contributed by atoms with E-state index in [9.17, 15) is 38.2 Å². The molecule has 1 aromatic heterocycles. The van der Waals surface area contributed by atoms with Gasteiger partial charge in [0.1, 0.15) is 49.0 Å². The number of nitrogens with zero attached hydrogens (tertiary/aromatic N) is 7.